The Morgan fingerprint density at radius 2 is 2.18 bits per heavy atom. The van der Waals surface area contributed by atoms with Gasteiger partial charge in [-0.25, -0.2) is 4.79 Å². The molecule has 0 saturated carbocycles. The third-order valence-corrected chi connectivity index (χ3v) is 0.764. The molecule has 2 heteroatoms. The number of allylic oxidation sites excluding steroid dienone is 1. The summed E-state index contributed by atoms with van der Waals surface area (Å²) < 4.78 is 4.33. The van der Waals surface area contributed by atoms with Crippen LogP contribution in [0.4, 0.5) is 0 Å². The van der Waals surface area contributed by atoms with Gasteiger partial charge in [0.15, 0.2) is 0 Å². The first-order valence-corrected chi connectivity index (χ1v) is 2.98. The van der Waals surface area contributed by atoms with Crippen molar-refractivity contribution in [3.63, 3.8) is 0 Å². The molecule has 0 aromatic rings. The molecule has 0 unspecified atom stereocenters. The van der Waals surface area contributed by atoms with Crippen molar-refractivity contribution in [2.75, 3.05) is 7.11 Å². The smallest absolute Gasteiger partial charge is 0.331 e. The number of carbonyl (C=O) groups is 1. The van der Waals surface area contributed by atoms with Crippen LogP contribution in [0, 0.1) is 23.7 Å². The van der Waals surface area contributed by atoms with Crippen molar-refractivity contribution < 1.29 is 9.53 Å². The van der Waals surface area contributed by atoms with Gasteiger partial charge in [0.1, 0.15) is 0 Å². The van der Waals surface area contributed by atoms with E-state index in [0.717, 1.165) is 0 Å². The van der Waals surface area contributed by atoms with Crippen LogP contribution < -0.4 is 0 Å². The lowest BCUT2D eigenvalue weighted by atomic mass is 10.5. The molecule has 0 radical (unpaired) electrons. The Labute approximate surface area is 66.2 Å². The van der Waals surface area contributed by atoms with E-state index in [-0.39, 0.29) is 0 Å². The third kappa shape index (κ3) is 6.21. The zero-order valence-corrected chi connectivity index (χ0v) is 6.47. The van der Waals surface area contributed by atoms with Gasteiger partial charge in [-0.15, -0.1) is 0 Å². The highest BCUT2D eigenvalue weighted by atomic mass is 16.5. The summed E-state index contributed by atoms with van der Waals surface area (Å²) in [5, 5.41) is 0. The number of hydrogen-bond acceptors (Lipinski definition) is 2. The van der Waals surface area contributed by atoms with Crippen LogP contribution in [-0.2, 0) is 9.53 Å². The first-order valence-electron chi connectivity index (χ1n) is 2.98. The van der Waals surface area contributed by atoms with E-state index in [1.165, 1.54) is 19.3 Å². The summed E-state index contributed by atoms with van der Waals surface area (Å²) in [4.78, 5) is 10.4. The topological polar surface area (TPSA) is 26.3 Å². The molecule has 0 rings (SSSR count). The van der Waals surface area contributed by atoms with Gasteiger partial charge < -0.3 is 4.74 Å². The Morgan fingerprint density at radius 1 is 1.45 bits per heavy atom. The minimum absolute atomic E-state index is 0.413. The molecule has 0 bridgehead atoms. The summed E-state index contributed by atoms with van der Waals surface area (Å²) in [7, 11) is 1.31. The normalized spacial score (nSPS) is 7.45. The van der Waals surface area contributed by atoms with Gasteiger partial charge in [-0.3, -0.25) is 0 Å². The van der Waals surface area contributed by atoms with Crippen LogP contribution in [0.2, 0.25) is 0 Å². The highest BCUT2D eigenvalue weighted by molar-refractivity contribution is 5.82. The van der Waals surface area contributed by atoms with Crippen molar-refractivity contribution in [1.29, 1.82) is 0 Å². The van der Waals surface area contributed by atoms with Crippen LogP contribution in [0.15, 0.2) is 12.2 Å². The predicted octanol–water partition coefficient (Wildman–Crippen LogP) is 0.742. The third-order valence-electron chi connectivity index (χ3n) is 0.764. The molecular weight excluding hydrogens is 140 g/mol. The largest absolute Gasteiger partial charge is 0.466 e. The molecule has 0 saturated heterocycles. The molecule has 0 aliphatic carbocycles. The average Bonchev–Trinajstić information content (AvgIpc) is 2.04. The average molecular weight is 148 g/mol. The van der Waals surface area contributed by atoms with Crippen molar-refractivity contribution in [1.82, 2.24) is 0 Å². The zero-order chi connectivity index (χ0) is 8.53. The van der Waals surface area contributed by atoms with Crippen LogP contribution in [0.25, 0.3) is 0 Å². The molecule has 0 heterocycles. The Bertz CT molecular complexity index is 265. The summed E-state index contributed by atoms with van der Waals surface area (Å²) in [6.45, 7) is 1.69. The SMILES string of the molecule is CC#CC#CC=CC(=O)OC. The van der Waals surface area contributed by atoms with Crippen molar-refractivity contribution in [2.45, 2.75) is 6.92 Å². The second-order valence-corrected chi connectivity index (χ2v) is 1.50. The first kappa shape index (κ1) is 9.33. The van der Waals surface area contributed by atoms with E-state index < -0.39 is 5.97 Å². The van der Waals surface area contributed by atoms with Gasteiger partial charge in [0.05, 0.1) is 7.11 Å². The number of rotatable bonds is 1. The van der Waals surface area contributed by atoms with Crippen molar-refractivity contribution >= 4 is 5.97 Å². The van der Waals surface area contributed by atoms with E-state index in [1.54, 1.807) is 6.92 Å². The molecular formula is C9H8O2. The Morgan fingerprint density at radius 3 is 2.73 bits per heavy atom. The maximum atomic E-state index is 10.4. The fourth-order valence-electron chi connectivity index (χ4n) is 0.318. The minimum Gasteiger partial charge on any atom is -0.466 e. The summed E-state index contributed by atoms with van der Waals surface area (Å²) in [5.74, 6) is 9.76. The molecule has 56 valence electrons. The molecule has 2 nitrogen and oxygen atoms in total. The molecule has 0 N–H and O–H groups in total. The molecule has 0 atom stereocenters. The maximum absolute atomic E-state index is 10.4. The van der Waals surface area contributed by atoms with Crippen LogP contribution in [0.5, 0.6) is 0 Å². The molecule has 0 aliphatic heterocycles. The summed E-state index contributed by atoms with van der Waals surface area (Å²) >= 11 is 0. The van der Waals surface area contributed by atoms with Gasteiger partial charge in [0.25, 0.3) is 0 Å². The molecule has 0 aromatic heterocycles. The lowest BCUT2D eigenvalue weighted by Crippen LogP contribution is -1.92. The summed E-state index contributed by atoms with van der Waals surface area (Å²) in [5.41, 5.74) is 0. The fraction of sp³-hybridized carbons (Fsp3) is 0.222. The quantitative estimate of drug-likeness (QED) is 0.311. The highest BCUT2D eigenvalue weighted by Gasteiger charge is 1.85. The molecule has 0 aliphatic rings. The van der Waals surface area contributed by atoms with E-state index in [2.05, 4.69) is 28.4 Å². The van der Waals surface area contributed by atoms with Crippen molar-refractivity contribution in [3.05, 3.63) is 12.2 Å². The molecule has 11 heavy (non-hydrogen) atoms. The summed E-state index contributed by atoms with van der Waals surface area (Å²) in [6, 6.07) is 0. The Balaban J connectivity index is 3.86. The van der Waals surface area contributed by atoms with Gasteiger partial charge in [0, 0.05) is 6.08 Å². The van der Waals surface area contributed by atoms with E-state index in [1.807, 2.05) is 0 Å². The number of carbonyl (C=O) groups excluding carboxylic acids is 1. The van der Waals surface area contributed by atoms with Crippen LogP contribution in [0.1, 0.15) is 6.92 Å². The molecule has 0 spiro atoms. The maximum Gasteiger partial charge on any atom is 0.331 e. The predicted molar refractivity (Wildman–Crippen MR) is 42.4 cm³/mol. The lowest BCUT2D eigenvalue weighted by molar-refractivity contribution is -0.134. The number of ether oxygens (including phenoxy) is 1. The van der Waals surface area contributed by atoms with Gasteiger partial charge in [-0.2, -0.15) is 0 Å². The van der Waals surface area contributed by atoms with E-state index in [0.29, 0.717) is 0 Å². The highest BCUT2D eigenvalue weighted by Crippen LogP contribution is 1.75. The number of methoxy groups -OCH3 is 1. The monoisotopic (exact) mass is 148 g/mol. The van der Waals surface area contributed by atoms with Crippen molar-refractivity contribution in [2.24, 2.45) is 0 Å². The first-order chi connectivity index (χ1) is 5.31. The molecule has 0 aromatic carbocycles. The van der Waals surface area contributed by atoms with Gasteiger partial charge >= 0.3 is 5.97 Å². The number of hydrogen-bond donors (Lipinski definition) is 0. The summed E-state index contributed by atoms with van der Waals surface area (Å²) in [6.07, 6.45) is 2.64. The van der Waals surface area contributed by atoms with E-state index in [9.17, 15) is 4.79 Å². The van der Waals surface area contributed by atoms with E-state index >= 15 is 0 Å². The van der Waals surface area contributed by atoms with Gasteiger partial charge in [-0.1, -0.05) is 11.8 Å². The van der Waals surface area contributed by atoms with Gasteiger partial charge in [0.2, 0.25) is 0 Å². The Kier molecular flexibility index (Phi) is 5.47. The second kappa shape index (κ2) is 6.45. The molecule has 0 fully saturated rings. The van der Waals surface area contributed by atoms with Crippen LogP contribution >= 0.6 is 0 Å². The standard InChI is InChI=1S/C9H8O2/c1-3-4-5-6-7-8-9(10)11-2/h7-8H,1-2H3. The minimum atomic E-state index is -0.413. The van der Waals surface area contributed by atoms with Crippen LogP contribution in [0.3, 0.4) is 0 Å². The van der Waals surface area contributed by atoms with Crippen LogP contribution in [-0.4, -0.2) is 13.1 Å². The number of esters is 1. The Hall–Kier alpha value is -1.67. The lowest BCUT2D eigenvalue weighted by Gasteiger charge is -1.84. The fourth-order valence-corrected chi connectivity index (χ4v) is 0.318. The zero-order valence-electron chi connectivity index (χ0n) is 6.47. The van der Waals surface area contributed by atoms with Gasteiger partial charge in [-0.05, 0) is 24.8 Å². The second-order valence-electron chi connectivity index (χ2n) is 1.50. The molecule has 0 amide bonds. The van der Waals surface area contributed by atoms with E-state index in [4.69, 9.17) is 0 Å². The van der Waals surface area contributed by atoms with Crippen molar-refractivity contribution in [3.8, 4) is 23.7 Å².